The fourth-order valence-corrected chi connectivity index (χ4v) is 1.37. The first kappa shape index (κ1) is 10.2. The van der Waals surface area contributed by atoms with Crippen LogP contribution in [-0.2, 0) is 4.79 Å². The number of nitrogens with one attached hydrogen (secondary N) is 2. The number of rotatable bonds is 3. The summed E-state index contributed by atoms with van der Waals surface area (Å²) in [5.41, 5.74) is 0. The van der Waals surface area contributed by atoms with Crippen LogP contribution in [0.3, 0.4) is 0 Å². The predicted molar refractivity (Wildman–Crippen MR) is 49.7 cm³/mol. The van der Waals surface area contributed by atoms with Gasteiger partial charge in [-0.15, -0.1) is 0 Å². The number of carbonyl (C=O) groups is 1. The van der Waals surface area contributed by atoms with Crippen molar-refractivity contribution in [2.24, 2.45) is 5.92 Å². The lowest BCUT2D eigenvalue weighted by Gasteiger charge is -2.27. The number of ketones is 1. The third-order valence-corrected chi connectivity index (χ3v) is 2.30. The van der Waals surface area contributed by atoms with Gasteiger partial charge in [-0.25, -0.2) is 0 Å². The van der Waals surface area contributed by atoms with E-state index in [1.807, 2.05) is 19.9 Å². The molecule has 0 amide bonds. The molecule has 0 aromatic heterocycles. The van der Waals surface area contributed by atoms with Crippen molar-refractivity contribution in [1.29, 1.82) is 0 Å². The van der Waals surface area contributed by atoms with Crippen LogP contribution < -0.4 is 10.6 Å². The molecule has 3 N–H and O–H groups in total. The molecule has 3 unspecified atom stereocenters. The molecule has 0 aliphatic carbocycles. The quantitative estimate of drug-likeness (QED) is 0.575. The van der Waals surface area contributed by atoms with E-state index >= 15 is 0 Å². The van der Waals surface area contributed by atoms with E-state index in [1.165, 1.54) is 0 Å². The summed E-state index contributed by atoms with van der Waals surface area (Å²) < 4.78 is 0. The summed E-state index contributed by atoms with van der Waals surface area (Å²) in [4.78, 5) is 11.3. The Kier molecular flexibility index (Phi) is 3.45. The van der Waals surface area contributed by atoms with Crippen molar-refractivity contribution < 1.29 is 9.90 Å². The van der Waals surface area contributed by atoms with E-state index in [0.717, 1.165) is 0 Å². The highest BCUT2D eigenvalue weighted by molar-refractivity contribution is 5.81. The molecule has 0 aromatic carbocycles. The molecular formula is C9H16N2O2. The second-order valence-electron chi connectivity index (χ2n) is 3.23. The van der Waals surface area contributed by atoms with Crippen LogP contribution in [0.15, 0.2) is 12.3 Å². The van der Waals surface area contributed by atoms with Crippen LogP contribution in [0.1, 0.15) is 20.3 Å². The third kappa shape index (κ3) is 2.54. The first-order valence-electron chi connectivity index (χ1n) is 4.54. The lowest BCUT2D eigenvalue weighted by atomic mass is 9.95. The van der Waals surface area contributed by atoms with Gasteiger partial charge in [-0.3, -0.25) is 10.1 Å². The molecule has 0 saturated heterocycles. The molecule has 0 aromatic rings. The molecule has 4 nitrogen and oxygen atoms in total. The zero-order valence-electron chi connectivity index (χ0n) is 7.95. The molecule has 4 heteroatoms. The summed E-state index contributed by atoms with van der Waals surface area (Å²) in [5.74, 6) is 0.120. The van der Waals surface area contributed by atoms with Gasteiger partial charge in [0.2, 0.25) is 0 Å². The van der Waals surface area contributed by atoms with Gasteiger partial charge in [0.15, 0.2) is 6.35 Å². The fourth-order valence-electron chi connectivity index (χ4n) is 1.37. The zero-order chi connectivity index (χ0) is 9.84. The molecule has 3 atom stereocenters. The second kappa shape index (κ2) is 4.39. The van der Waals surface area contributed by atoms with Crippen molar-refractivity contribution in [2.45, 2.75) is 32.7 Å². The van der Waals surface area contributed by atoms with Crippen molar-refractivity contribution in [3.05, 3.63) is 12.3 Å². The Morgan fingerprint density at radius 2 is 2.38 bits per heavy atom. The topological polar surface area (TPSA) is 61.4 Å². The SMILES string of the molecule is CCC(=O)C(C)C1C=CNC(O)N1. The van der Waals surface area contributed by atoms with Gasteiger partial charge in [0.05, 0.1) is 0 Å². The predicted octanol–water partition coefficient (Wildman–Crippen LogP) is -0.0474. The van der Waals surface area contributed by atoms with E-state index in [4.69, 9.17) is 0 Å². The molecule has 0 fully saturated rings. The van der Waals surface area contributed by atoms with Gasteiger partial charge in [-0.2, -0.15) is 0 Å². The van der Waals surface area contributed by atoms with Gasteiger partial charge in [0.1, 0.15) is 5.78 Å². The fraction of sp³-hybridized carbons (Fsp3) is 0.667. The first-order valence-corrected chi connectivity index (χ1v) is 4.54. The van der Waals surface area contributed by atoms with Crippen LogP contribution in [0.4, 0.5) is 0 Å². The van der Waals surface area contributed by atoms with E-state index in [0.29, 0.717) is 6.42 Å². The van der Waals surface area contributed by atoms with Crippen molar-refractivity contribution in [2.75, 3.05) is 0 Å². The molecule has 1 aliphatic rings. The molecule has 1 rings (SSSR count). The van der Waals surface area contributed by atoms with Gasteiger partial charge in [0.25, 0.3) is 0 Å². The summed E-state index contributed by atoms with van der Waals surface area (Å²) in [7, 11) is 0. The first-order chi connectivity index (χ1) is 6.15. The van der Waals surface area contributed by atoms with Gasteiger partial charge < -0.3 is 10.4 Å². The van der Waals surface area contributed by atoms with Crippen LogP contribution in [0, 0.1) is 5.92 Å². The van der Waals surface area contributed by atoms with Crippen LogP contribution in [0.2, 0.25) is 0 Å². The Morgan fingerprint density at radius 3 is 2.92 bits per heavy atom. The minimum atomic E-state index is -0.748. The van der Waals surface area contributed by atoms with Gasteiger partial charge >= 0.3 is 0 Å². The van der Waals surface area contributed by atoms with Crippen molar-refractivity contribution in [3.8, 4) is 0 Å². The summed E-state index contributed by atoms with van der Waals surface area (Å²) in [6.45, 7) is 3.71. The number of aliphatic hydroxyl groups is 1. The standard InChI is InChI=1S/C9H16N2O2/c1-3-8(12)6(2)7-4-5-10-9(13)11-7/h4-7,9-11,13H,3H2,1-2H3. The molecule has 0 radical (unpaired) electrons. The summed E-state index contributed by atoms with van der Waals surface area (Å²) in [6.07, 6.45) is 3.31. The van der Waals surface area contributed by atoms with Crippen molar-refractivity contribution >= 4 is 5.78 Å². The minimum absolute atomic E-state index is 0.0660. The number of aliphatic hydroxyl groups excluding tert-OH is 1. The van der Waals surface area contributed by atoms with E-state index in [1.54, 1.807) is 6.20 Å². The Morgan fingerprint density at radius 1 is 1.69 bits per heavy atom. The normalized spacial score (nSPS) is 29.5. The maximum absolute atomic E-state index is 11.3. The molecule has 1 aliphatic heterocycles. The molecule has 0 saturated carbocycles. The van der Waals surface area contributed by atoms with E-state index in [2.05, 4.69) is 10.6 Å². The van der Waals surface area contributed by atoms with Crippen LogP contribution in [-0.4, -0.2) is 23.3 Å². The average Bonchev–Trinajstić information content (AvgIpc) is 2.15. The third-order valence-electron chi connectivity index (χ3n) is 2.30. The number of carbonyl (C=O) groups excluding carboxylic acids is 1. The molecule has 0 bridgehead atoms. The molecule has 74 valence electrons. The summed E-state index contributed by atoms with van der Waals surface area (Å²) in [6, 6.07) is -0.0660. The van der Waals surface area contributed by atoms with Crippen molar-refractivity contribution in [1.82, 2.24) is 10.6 Å². The van der Waals surface area contributed by atoms with E-state index < -0.39 is 6.35 Å². The lowest BCUT2D eigenvalue weighted by molar-refractivity contribution is -0.122. The molecular weight excluding hydrogens is 168 g/mol. The number of Topliss-reactive ketones (excluding diaryl/α,β-unsaturated/α-hetero) is 1. The maximum atomic E-state index is 11.3. The second-order valence-corrected chi connectivity index (χ2v) is 3.23. The largest absolute Gasteiger partial charge is 0.361 e. The Hall–Kier alpha value is -0.870. The zero-order valence-corrected chi connectivity index (χ0v) is 7.95. The Balaban J connectivity index is 2.56. The highest BCUT2D eigenvalue weighted by atomic mass is 16.3. The monoisotopic (exact) mass is 184 g/mol. The van der Waals surface area contributed by atoms with Crippen molar-refractivity contribution in [3.63, 3.8) is 0 Å². The highest BCUT2D eigenvalue weighted by Crippen LogP contribution is 2.10. The van der Waals surface area contributed by atoms with E-state index in [9.17, 15) is 9.90 Å². The maximum Gasteiger partial charge on any atom is 0.181 e. The van der Waals surface area contributed by atoms with Crippen LogP contribution >= 0.6 is 0 Å². The van der Waals surface area contributed by atoms with Gasteiger partial charge in [-0.1, -0.05) is 19.9 Å². The Labute approximate surface area is 78.0 Å². The summed E-state index contributed by atoms with van der Waals surface area (Å²) >= 11 is 0. The molecule has 1 heterocycles. The smallest absolute Gasteiger partial charge is 0.181 e. The number of hydrogen-bond donors (Lipinski definition) is 3. The molecule has 13 heavy (non-hydrogen) atoms. The highest BCUT2D eigenvalue weighted by Gasteiger charge is 2.23. The minimum Gasteiger partial charge on any atom is -0.361 e. The summed E-state index contributed by atoms with van der Waals surface area (Å²) in [5, 5.41) is 14.7. The lowest BCUT2D eigenvalue weighted by Crippen LogP contribution is -2.51. The number of hydrogen-bond acceptors (Lipinski definition) is 4. The van der Waals surface area contributed by atoms with Gasteiger partial charge in [-0.05, 0) is 6.20 Å². The van der Waals surface area contributed by atoms with Crippen LogP contribution in [0.25, 0.3) is 0 Å². The van der Waals surface area contributed by atoms with Gasteiger partial charge in [0, 0.05) is 18.4 Å². The molecule has 0 spiro atoms. The average molecular weight is 184 g/mol. The Bertz CT molecular complexity index is 216. The van der Waals surface area contributed by atoms with Crippen LogP contribution in [0.5, 0.6) is 0 Å². The van der Waals surface area contributed by atoms with E-state index in [-0.39, 0.29) is 17.7 Å².